The average molecular weight is 209 g/mol. The first-order valence-corrected chi connectivity index (χ1v) is 5.05. The van der Waals surface area contributed by atoms with Crippen molar-refractivity contribution in [1.82, 2.24) is 0 Å². The first kappa shape index (κ1) is 12.0. The van der Waals surface area contributed by atoms with Crippen LogP contribution in [-0.2, 0) is 0 Å². The fourth-order valence-corrected chi connectivity index (χ4v) is 1.45. The van der Waals surface area contributed by atoms with Gasteiger partial charge >= 0.3 is 0 Å². The minimum Gasteiger partial charge on any atom is -0.508 e. The van der Waals surface area contributed by atoms with Crippen molar-refractivity contribution in [2.45, 2.75) is 32.9 Å². The number of aliphatic hydroxyl groups is 1. The lowest BCUT2D eigenvalue weighted by molar-refractivity contribution is 0.0400. The van der Waals surface area contributed by atoms with E-state index in [4.69, 9.17) is 5.73 Å². The largest absolute Gasteiger partial charge is 0.508 e. The molecule has 3 nitrogen and oxygen atoms in total. The van der Waals surface area contributed by atoms with Crippen LogP contribution >= 0.6 is 0 Å². The average Bonchev–Trinajstić information content (AvgIpc) is 2.14. The molecule has 84 valence electrons. The Balaban J connectivity index is 2.90. The molecule has 0 radical (unpaired) electrons. The highest BCUT2D eigenvalue weighted by Gasteiger charge is 2.28. The lowest BCUT2D eigenvalue weighted by Crippen LogP contribution is -2.36. The van der Waals surface area contributed by atoms with Gasteiger partial charge in [-0.3, -0.25) is 0 Å². The molecule has 3 heteroatoms. The molecule has 2 atom stereocenters. The van der Waals surface area contributed by atoms with Gasteiger partial charge in [-0.2, -0.15) is 0 Å². The number of benzene rings is 1. The van der Waals surface area contributed by atoms with Gasteiger partial charge in [0.15, 0.2) is 0 Å². The highest BCUT2D eigenvalue weighted by atomic mass is 16.3. The number of hydrogen-bond acceptors (Lipinski definition) is 3. The third-order valence-electron chi connectivity index (χ3n) is 2.48. The highest BCUT2D eigenvalue weighted by Crippen LogP contribution is 2.29. The van der Waals surface area contributed by atoms with Crippen LogP contribution in [0.2, 0.25) is 0 Å². The summed E-state index contributed by atoms with van der Waals surface area (Å²) in [6, 6.07) is 6.22. The number of rotatable bonds is 2. The summed E-state index contributed by atoms with van der Waals surface area (Å²) >= 11 is 0. The molecule has 0 amide bonds. The van der Waals surface area contributed by atoms with E-state index in [-0.39, 0.29) is 11.2 Å². The quantitative estimate of drug-likeness (QED) is 0.695. The van der Waals surface area contributed by atoms with Crippen LogP contribution in [0.3, 0.4) is 0 Å². The Morgan fingerprint density at radius 1 is 1.27 bits per heavy atom. The Labute approximate surface area is 90.5 Å². The van der Waals surface area contributed by atoms with E-state index < -0.39 is 12.1 Å². The summed E-state index contributed by atoms with van der Waals surface area (Å²) < 4.78 is 0. The van der Waals surface area contributed by atoms with Crippen molar-refractivity contribution in [3.63, 3.8) is 0 Å². The van der Waals surface area contributed by atoms with Crippen molar-refractivity contribution in [3.05, 3.63) is 29.8 Å². The second-order valence-electron chi connectivity index (χ2n) is 4.93. The van der Waals surface area contributed by atoms with E-state index in [1.807, 2.05) is 20.8 Å². The molecule has 0 aromatic heterocycles. The van der Waals surface area contributed by atoms with E-state index in [0.29, 0.717) is 0 Å². The van der Waals surface area contributed by atoms with Crippen molar-refractivity contribution in [1.29, 1.82) is 0 Å². The highest BCUT2D eigenvalue weighted by molar-refractivity contribution is 5.30. The zero-order valence-electron chi connectivity index (χ0n) is 9.44. The van der Waals surface area contributed by atoms with Crippen molar-refractivity contribution in [3.8, 4) is 5.75 Å². The molecule has 0 spiro atoms. The Morgan fingerprint density at radius 2 is 1.87 bits per heavy atom. The molecule has 0 saturated heterocycles. The zero-order chi connectivity index (χ0) is 11.6. The van der Waals surface area contributed by atoms with Gasteiger partial charge in [0.2, 0.25) is 0 Å². The first-order chi connectivity index (χ1) is 6.82. The predicted octanol–water partition coefficient (Wildman–Crippen LogP) is 1.80. The molecule has 0 aliphatic heterocycles. The topological polar surface area (TPSA) is 66.5 Å². The van der Waals surface area contributed by atoms with Gasteiger partial charge in [-0.1, -0.05) is 32.9 Å². The third-order valence-corrected chi connectivity index (χ3v) is 2.48. The molecule has 15 heavy (non-hydrogen) atoms. The summed E-state index contributed by atoms with van der Waals surface area (Å²) in [5.41, 5.74) is 6.41. The van der Waals surface area contributed by atoms with Crippen LogP contribution in [0.15, 0.2) is 24.3 Å². The lowest BCUT2D eigenvalue weighted by Gasteiger charge is -2.31. The lowest BCUT2D eigenvalue weighted by atomic mass is 9.82. The molecule has 0 aliphatic carbocycles. The minimum absolute atomic E-state index is 0.170. The predicted molar refractivity (Wildman–Crippen MR) is 60.5 cm³/mol. The molecule has 1 aromatic carbocycles. The van der Waals surface area contributed by atoms with Crippen molar-refractivity contribution in [2.24, 2.45) is 11.1 Å². The van der Waals surface area contributed by atoms with Crippen LogP contribution in [-0.4, -0.2) is 16.3 Å². The van der Waals surface area contributed by atoms with E-state index in [2.05, 4.69) is 0 Å². The van der Waals surface area contributed by atoms with E-state index in [1.54, 1.807) is 24.3 Å². The summed E-state index contributed by atoms with van der Waals surface area (Å²) in [5, 5.41) is 19.3. The molecule has 0 saturated carbocycles. The monoisotopic (exact) mass is 209 g/mol. The van der Waals surface area contributed by atoms with Crippen molar-refractivity contribution >= 4 is 0 Å². The van der Waals surface area contributed by atoms with Crippen LogP contribution < -0.4 is 5.73 Å². The Morgan fingerprint density at radius 3 is 2.33 bits per heavy atom. The summed E-state index contributed by atoms with van der Waals surface area (Å²) in [4.78, 5) is 0. The second-order valence-corrected chi connectivity index (χ2v) is 4.93. The summed E-state index contributed by atoms with van der Waals surface area (Å²) in [7, 11) is 0. The molecule has 0 aliphatic rings. The minimum atomic E-state index is -0.640. The Hall–Kier alpha value is -1.06. The summed E-state index contributed by atoms with van der Waals surface area (Å²) in [6.45, 7) is 5.79. The van der Waals surface area contributed by atoms with Crippen LogP contribution in [0.4, 0.5) is 0 Å². The summed E-state index contributed by atoms with van der Waals surface area (Å²) in [5.74, 6) is 0.170. The second kappa shape index (κ2) is 4.21. The van der Waals surface area contributed by atoms with Crippen LogP contribution in [0, 0.1) is 5.41 Å². The van der Waals surface area contributed by atoms with E-state index in [0.717, 1.165) is 5.56 Å². The van der Waals surface area contributed by atoms with Gasteiger partial charge in [0.1, 0.15) is 5.75 Å². The Bertz CT molecular complexity index is 331. The third kappa shape index (κ3) is 2.94. The van der Waals surface area contributed by atoms with Gasteiger partial charge in [0.25, 0.3) is 0 Å². The molecule has 0 heterocycles. The number of aliphatic hydroxyl groups excluding tert-OH is 1. The van der Waals surface area contributed by atoms with Crippen molar-refractivity contribution < 1.29 is 10.2 Å². The fourth-order valence-electron chi connectivity index (χ4n) is 1.45. The number of phenolic OH excluding ortho intramolecular Hbond substituents is 1. The Kier molecular flexibility index (Phi) is 3.37. The van der Waals surface area contributed by atoms with Gasteiger partial charge in [-0.15, -0.1) is 0 Å². The van der Waals surface area contributed by atoms with Gasteiger partial charge in [0.05, 0.1) is 12.1 Å². The SMILES string of the molecule is CC(C)(C)[C@H](O)[C@H](N)c1cccc(O)c1. The molecule has 1 rings (SSSR count). The number of aromatic hydroxyl groups is 1. The molecule has 1 aromatic rings. The number of nitrogens with two attached hydrogens (primary N) is 1. The van der Waals surface area contributed by atoms with Gasteiger partial charge in [0, 0.05) is 0 Å². The number of hydrogen-bond donors (Lipinski definition) is 3. The maximum absolute atomic E-state index is 9.99. The normalized spacial score (nSPS) is 16.1. The van der Waals surface area contributed by atoms with E-state index >= 15 is 0 Å². The van der Waals surface area contributed by atoms with Gasteiger partial charge < -0.3 is 15.9 Å². The summed E-state index contributed by atoms with van der Waals surface area (Å²) in [6.07, 6.45) is -0.640. The number of phenols is 1. The maximum atomic E-state index is 9.99. The van der Waals surface area contributed by atoms with Crippen LogP contribution in [0.1, 0.15) is 32.4 Å². The van der Waals surface area contributed by atoms with Gasteiger partial charge in [-0.05, 0) is 23.1 Å². The molecular weight excluding hydrogens is 190 g/mol. The molecule has 0 unspecified atom stereocenters. The van der Waals surface area contributed by atoms with Crippen molar-refractivity contribution in [2.75, 3.05) is 0 Å². The van der Waals surface area contributed by atoms with Crippen LogP contribution in [0.25, 0.3) is 0 Å². The molecule has 4 N–H and O–H groups in total. The smallest absolute Gasteiger partial charge is 0.115 e. The van der Waals surface area contributed by atoms with Crippen LogP contribution in [0.5, 0.6) is 5.75 Å². The maximum Gasteiger partial charge on any atom is 0.115 e. The van der Waals surface area contributed by atoms with Gasteiger partial charge in [-0.25, -0.2) is 0 Å². The molecule has 0 bridgehead atoms. The first-order valence-electron chi connectivity index (χ1n) is 5.05. The van der Waals surface area contributed by atoms with E-state index in [1.165, 1.54) is 0 Å². The van der Waals surface area contributed by atoms with E-state index in [9.17, 15) is 10.2 Å². The fraction of sp³-hybridized carbons (Fsp3) is 0.500. The molecular formula is C12H19NO2. The molecule has 0 fully saturated rings. The standard InChI is InChI=1S/C12H19NO2/c1-12(2,3)11(15)10(13)8-5-4-6-9(14)7-8/h4-7,10-11,14-15H,13H2,1-3H3/t10-,11-/m1/s1. The zero-order valence-corrected chi connectivity index (χ0v) is 9.44.